The molecule has 1 unspecified atom stereocenters. The normalized spacial score (nSPS) is 12.5. The fourth-order valence-electron chi connectivity index (χ4n) is 2.55. The Morgan fingerprint density at radius 2 is 1.95 bits per heavy atom. The van der Waals surface area contributed by atoms with Crippen LogP contribution in [0.5, 0.6) is 0 Å². The van der Waals surface area contributed by atoms with Crippen LogP contribution in [0.3, 0.4) is 0 Å². The zero-order chi connectivity index (χ0) is 14.9. The van der Waals surface area contributed by atoms with Gasteiger partial charge >= 0.3 is 0 Å². The van der Waals surface area contributed by atoms with E-state index in [1.165, 1.54) is 5.56 Å². The number of rotatable bonds is 9. The van der Waals surface area contributed by atoms with Gasteiger partial charge in [-0.15, -0.1) is 0 Å². The highest BCUT2D eigenvalue weighted by Crippen LogP contribution is 2.19. The SMILES string of the molecule is CCCNCC(Cc1ncnn1CCC)c1ccccc1. The summed E-state index contributed by atoms with van der Waals surface area (Å²) in [5.41, 5.74) is 1.37. The first-order chi connectivity index (χ1) is 10.3. The molecule has 0 spiro atoms. The molecule has 0 fully saturated rings. The second kappa shape index (κ2) is 8.57. The monoisotopic (exact) mass is 286 g/mol. The first-order valence-corrected chi connectivity index (χ1v) is 7.97. The van der Waals surface area contributed by atoms with Crippen molar-refractivity contribution in [2.24, 2.45) is 0 Å². The highest BCUT2D eigenvalue weighted by molar-refractivity contribution is 5.21. The van der Waals surface area contributed by atoms with E-state index in [-0.39, 0.29) is 0 Å². The number of hydrogen-bond donors (Lipinski definition) is 1. The van der Waals surface area contributed by atoms with Gasteiger partial charge in [0.1, 0.15) is 12.2 Å². The Bertz CT molecular complexity index is 507. The van der Waals surface area contributed by atoms with Crippen molar-refractivity contribution in [1.82, 2.24) is 20.1 Å². The third kappa shape index (κ3) is 4.67. The fraction of sp³-hybridized carbons (Fsp3) is 0.529. The molecule has 1 aromatic heterocycles. The van der Waals surface area contributed by atoms with E-state index in [2.05, 4.69) is 59.6 Å². The van der Waals surface area contributed by atoms with Crippen molar-refractivity contribution < 1.29 is 0 Å². The zero-order valence-electron chi connectivity index (χ0n) is 13.1. The molecule has 0 saturated carbocycles. The smallest absolute Gasteiger partial charge is 0.138 e. The lowest BCUT2D eigenvalue weighted by atomic mass is 9.95. The Morgan fingerprint density at radius 1 is 1.14 bits per heavy atom. The summed E-state index contributed by atoms with van der Waals surface area (Å²) in [6.07, 6.45) is 4.85. The van der Waals surface area contributed by atoms with E-state index in [0.717, 1.165) is 44.7 Å². The van der Waals surface area contributed by atoms with Crippen LogP contribution < -0.4 is 5.32 Å². The molecule has 2 rings (SSSR count). The molecule has 0 aliphatic carbocycles. The number of nitrogens with one attached hydrogen (secondary N) is 1. The number of nitrogens with zero attached hydrogens (tertiary/aromatic N) is 3. The van der Waals surface area contributed by atoms with Crippen LogP contribution in [0.1, 0.15) is 44.0 Å². The van der Waals surface area contributed by atoms with E-state index in [1.807, 2.05) is 4.68 Å². The van der Waals surface area contributed by atoms with Gasteiger partial charge in [0.2, 0.25) is 0 Å². The number of hydrogen-bond acceptors (Lipinski definition) is 3. The first kappa shape index (κ1) is 15.7. The second-order valence-electron chi connectivity index (χ2n) is 5.42. The summed E-state index contributed by atoms with van der Waals surface area (Å²) in [5, 5.41) is 7.87. The first-order valence-electron chi connectivity index (χ1n) is 7.97. The Balaban J connectivity index is 2.09. The van der Waals surface area contributed by atoms with Gasteiger partial charge < -0.3 is 5.32 Å². The summed E-state index contributed by atoms with van der Waals surface area (Å²) in [5.74, 6) is 1.53. The Labute approximate surface area is 127 Å². The van der Waals surface area contributed by atoms with Gasteiger partial charge in [-0.25, -0.2) is 4.98 Å². The average molecular weight is 286 g/mol. The topological polar surface area (TPSA) is 42.7 Å². The maximum atomic E-state index is 4.45. The van der Waals surface area contributed by atoms with Crippen molar-refractivity contribution in [3.8, 4) is 0 Å². The molecule has 1 heterocycles. The molecule has 0 aliphatic rings. The van der Waals surface area contributed by atoms with Gasteiger partial charge in [-0.2, -0.15) is 5.10 Å². The van der Waals surface area contributed by atoms with Gasteiger partial charge in [-0.3, -0.25) is 4.68 Å². The summed E-state index contributed by atoms with van der Waals surface area (Å²) in [6, 6.07) is 10.7. The van der Waals surface area contributed by atoms with Crippen LogP contribution in [-0.4, -0.2) is 27.9 Å². The van der Waals surface area contributed by atoms with Gasteiger partial charge in [0.15, 0.2) is 0 Å². The molecular weight excluding hydrogens is 260 g/mol. The van der Waals surface area contributed by atoms with Crippen molar-refractivity contribution in [2.45, 2.75) is 45.6 Å². The molecule has 21 heavy (non-hydrogen) atoms. The van der Waals surface area contributed by atoms with E-state index in [9.17, 15) is 0 Å². The van der Waals surface area contributed by atoms with E-state index < -0.39 is 0 Å². The van der Waals surface area contributed by atoms with E-state index >= 15 is 0 Å². The summed E-state index contributed by atoms with van der Waals surface area (Å²) in [7, 11) is 0. The molecule has 0 bridgehead atoms. The van der Waals surface area contributed by atoms with Crippen LogP contribution in [0, 0.1) is 0 Å². The lowest BCUT2D eigenvalue weighted by molar-refractivity contribution is 0.521. The van der Waals surface area contributed by atoms with E-state index in [0.29, 0.717) is 5.92 Å². The number of aryl methyl sites for hydroxylation is 1. The minimum atomic E-state index is 0.442. The minimum absolute atomic E-state index is 0.442. The van der Waals surface area contributed by atoms with Crippen LogP contribution in [0.4, 0.5) is 0 Å². The summed E-state index contributed by atoms with van der Waals surface area (Å²) < 4.78 is 2.04. The molecular formula is C17H26N4. The van der Waals surface area contributed by atoms with E-state index in [1.54, 1.807) is 6.33 Å². The number of benzene rings is 1. The van der Waals surface area contributed by atoms with Gasteiger partial charge in [0, 0.05) is 25.4 Å². The van der Waals surface area contributed by atoms with E-state index in [4.69, 9.17) is 0 Å². The molecule has 1 atom stereocenters. The fourth-order valence-corrected chi connectivity index (χ4v) is 2.55. The van der Waals surface area contributed by atoms with Crippen molar-refractivity contribution in [3.05, 3.63) is 48.0 Å². The minimum Gasteiger partial charge on any atom is -0.316 e. The third-order valence-electron chi connectivity index (χ3n) is 3.65. The molecule has 4 heteroatoms. The van der Waals surface area contributed by atoms with Crippen LogP contribution in [0.2, 0.25) is 0 Å². The molecule has 0 radical (unpaired) electrons. The summed E-state index contributed by atoms with van der Waals surface area (Å²) in [4.78, 5) is 4.45. The molecule has 1 N–H and O–H groups in total. The van der Waals surface area contributed by atoms with Crippen LogP contribution in [0.15, 0.2) is 36.7 Å². The van der Waals surface area contributed by atoms with Crippen molar-refractivity contribution in [1.29, 1.82) is 0 Å². The van der Waals surface area contributed by atoms with Crippen molar-refractivity contribution in [2.75, 3.05) is 13.1 Å². The van der Waals surface area contributed by atoms with Gasteiger partial charge in [-0.1, -0.05) is 44.2 Å². The number of aromatic nitrogens is 3. The van der Waals surface area contributed by atoms with Crippen molar-refractivity contribution >= 4 is 0 Å². The lowest BCUT2D eigenvalue weighted by Crippen LogP contribution is -2.24. The molecule has 0 amide bonds. The average Bonchev–Trinajstić information content (AvgIpc) is 2.95. The predicted octanol–water partition coefficient (Wildman–Crippen LogP) is 3.01. The largest absolute Gasteiger partial charge is 0.316 e. The molecule has 4 nitrogen and oxygen atoms in total. The Morgan fingerprint density at radius 3 is 2.67 bits per heavy atom. The Hall–Kier alpha value is -1.68. The predicted molar refractivity (Wildman–Crippen MR) is 86.4 cm³/mol. The molecule has 2 aromatic rings. The van der Waals surface area contributed by atoms with Crippen LogP contribution in [-0.2, 0) is 13.0 Å². The maximum Gasteiger partial charge on any atom is 0.138 e. The standard InChI is InChI=1S/C17H26N4/c1-3-10-18-13-16(15-8-6-5-7-9-15)12-17-19-14-20-21(17)11-4-2/h5-9,14,16,18H,3-4,10-13H2,1-2H3. The maximum absolute atomic E-state index is 4.45. The molecule has 1 aromatic carbocycles. The van der Waals surface area contributed by atoms with Crippen LogP contribution >= 0.6 is 0 Å². The highest BCUT2D eigenvalue weighted by atomic mass is 15.3. The van der Waals surface area contributed by atoms with Crippen molar-refractivity contribution in [3.63, 3.8) is 0 Å². The van der Waals surface area contributed by atoms with Gasteiger partial charge in [0.05, 0.1) is 0 Å². The highest BCUT2D eigenvalue weighted by Gasteiger charge is 2.15. The molecule has 114 valence electrons. The third-order valence-corrected chi connectivity index (χ3v) is 3.65. The quantitative estimate of drug-likeness (QED) is 0.721. The lowest BCUT2D eigenvalue weighted by Gasteiger charge is -2.18. The molecule has 0 aliphatic heterocycles. The summed E-state index contributed by atoms with van der Waals surface area (Å²) >= 11 is 0. The zero-order valence-corrected chi connectivity index (χ0v) is 13.1. The summed E-state index contributed by atoms with van der Waals surface area (Å²) in [6.45, 7) is 7.35. The van der Waals surface area contributed by atoms with Gasteiger partial charge in [0.25, 0.3) is 0 Å². The van der Waals surface area contributed by atoms with Crippen LogP contribution in [0.25, 0.3) is 0 Å². The van der Waals surface area contributed by atoms with Gasteiger partial charge in [-0.05, 0) is 24.9 Å². The molecule has 0 saturated heterocycles. The second-order valence-corrected chi connectivity index (χ2v) is 5.42. The Kier molecular flexibility index (Phi) is 6.41.